The van der Waals surface area contributed by atoms with Crippen LogP contribution in [0.25, 0.3) is 0 Å². The van der Waals surface area contributed by atoms with E-state index in [1.807, 2.05) is 20.8 Å². The molecule has 154 valence electrons. The minimum Gasteiger partial charge on any atom is -0.490 e. The summed E-state index contributed by atoms with van der Waals surface area (Å²) in [6, 6.07) is 1.15. The highest BCUT2D eigenvalue weighted by atomic mass is 16.6. The zero-order chi connectivity index (χ0) is 20.6. The van der Waals surface area contributed by atoms with Gasteiger partial charge in [-0.15, -0.1) is 0 Å². The van der Waals surface area contributed by atoms with Gasteiger partial charge in [0.25, 0.3) is 5.91 Å². The molecule has 1 aromatic rings. The number of amides is 2. The molecule has 2 atom stereocenters. The Labute approximate surface area is 169 Å². The van der Waals surface area contributed by atoms with Gasteiger partial charge in [0.15, 0.2) is 0 Å². The van der Waals surface area contributed by atoms with Crippen LogP contribution in [0.15, 0.2) is 29.7 Å². The molecule has 0 aromatic carbocycles. The average Bonchev–Trinajstić information content (AvgIpc) is 2.84. The Balaban J connectivity index is 1.57. The number of nitrogens with one attached hydrogen (secondary N) is 1. The number of hydrogen-bond acceptors (Lipinski definition) is 7. The predicted octanol–water partition coefficient (Wildman–Crippen LogP) is 1.72. The second kappa shape index (κ2) is 7.38. The zero-order valence-corrected chi connectivity index (χ0v) is 16.8. The first kappa shape index (κ1) is 19.2. The Bertz CT molecular complexity index is 876. The third-order valence-electron chi connectivity index (χ3n) is 4.95. The number of carbonyl (C=O) groups excluding carboxylic acids is 2. The Morgan fingerprint density at radius 3 is 2.90 bits per heavy atom. The van der Waals surface area contributed by atoms with E-state index in [9.17, 15) is 9.59 Å². The normalized spacial score (nSPS) is 23.5. The first-order chi connectivity index (χ1) is 13.8. The topological polar surface area (TPSA) is 96.4 Å². The minimum absolute atomic E-state index is 0.140. The van der Waals surface area contributed by atoms with Gasteiger partial charge in [0.2, 0.25) is 0 Å². The van der Waals surface area contributed by atoms with E-state index in [-0.39, 0.29) is 24.1 Å². The number of pyridine rings is 1. The Kier molecular flexibility index (Phi) is 4.89. The van der Waals surface area contributed by atoms with E-state index in [2.05, 4.69) is 15.3 Å². The Morgan fingerprint density at radius 2 is 2.17 bits per heavy atom. The second-order valence-electron chi connectivity index (χ2n) is 8.22. The van der Waals surface area contributed by atoms with Crippen LogP contribution in [0.1, 0.15) is 42.9 Å². The van der Waals surface area contributed by atoms with Crippen molar-refractivity contribution in [2.45, 2.75) is 38.5 Å². The van der Waals surface area contributed by atoms with Crippen molar-refractivity contribution >= 4 is 18.2 Å². The highest BCUT2D eigenvalue weighted by Gasteiger charge is 2.39. The molecule has 29 heavy (non-hydrogen) atoms. The van der Waals surface area contributed by atoms with Gasteiger partial charge in [-0.3, -0.25) is 14.8 Å². The molecule has 1 saturated heterocycles. The van der Waals surface area contributed by atoms with Crippen LogP contribution < -0.4 is 10.1 Å². The third kappa shape index (κ3) is 3.90. The van der Waals surface area contributed by atoms with Crippen LogP contribution >= 0.6 is 0 Å². The van der Waals surface area contributed by atoms with Crippen molar-refractivity contribution < 1.29 is 19.1 Å². The minimum atomic E-state index is -0.566. The number of carbonyl (C=O) groups is 2. The molecule has 3 aliphatic heterocycles. The maximum absolute atomic E-state index is 13.4. The Hall–Kier alpha value is -3.10. The molecule has 0 bridgehead atoms. The van der Waals surface area contributed by atoms with E-state index in [1.54, 1.807) is 40.7 Å². The van der Waals surface area contributed by atoms with Crippen LogP contribution in [0.5, 0.6) is 5.75 Å². The van der Waals surface area contributed by atoms with E-state index in [0.29, 0.717) is 43.2 Å². The van der Waals surface area contributed by atoms with Gasteiger partial charge >= 0.3 is 6.09 Å². The van der Waals surface area contributed by atoms with Gasteiger partial charge in [-0.25, -0.2) is 4.79 Å². The van der Waals surface area contributed by atoms with Gasteiger partial charge in [-0.2, -0.15) is 0 Å². The van der Waals surface area contributed by atoms with Crippen LogP contribution in [-0.2, 0) is 4.74 Å². The van der Waals surface area contributed by atoms with Crippen LogP contribution in [-0.4, -0.2) is 70.9 Å². The monoisotopic (exact) mass is 399 g/mol. The molecule has 0 saturated carbocycles. The molecular formula is C20H25N5O4. The van der Waals surface area contributed by atoms with Crippen molar-refractivity contribution in [1.29, 1.82) is 0 Å². The summed E-state index contributed by atoms with van der Waals surface area (Å²) < 4.78 is 11.5. The maximum Gasteiger partial charge on any atom is 0.410 e. The number of piperazine rings is 1. The van der Waals surface area contributed by atoms with Gasteiger partial charge in [0, 0.05) is 44.4 Å². The Morgan fingerprint density at radius 1 is 1.34 bits per heavy atom. The standard InChI is InChI=1S/C20H25N5O4/c1-20(2,3)29-19(27)24-8-9-25-13(11-24)12-28-15-4-5-23-17(16(15)18(25)26)14-10-21-6-7-22-14/h4-7,10,13-14,22H,8-9,11-12H2,1-3H3. The summed E-state index contributed by atoms with van der Waals surface area (Å²) in [5, 5.41) is 3.15. The molecule has 4 rings (SSSR count). The summed E-state index contributed by atoms with van der Waals surface area (Å²) in [5.74, 6) is 0.363. The third-order valence-corrected chi connectivity index (χ3v) is 4.95. The number of aromatic nitrogens is 1. The van der Waals surface area contributed by atoms with Gasteiger partial charge in [0.05, 0.1) is 11.7 Å². The SMILES string of the molecule is CC(C)(C)OC(=O)N1CCN2C(=O)c3c(ccnc3C3C=NC=CN3)OCC2C1. The summed E-state index contributed by atoms with van der Waals surface area (Å²) in [6.07, 6.45) is 6.33. The number of aliphatic imine (C=N–C) groups is 1. The molecule has 2 amide bonds. The molecule has 9 heteroatoms. The average molecular weight is 399 g/mol. The van der Waals surface area contributed by atoms with E-state index in [1.165, 1.54) is 0 Å². The molecule has 2 unspecified atom stereocenters. The van der Waals surface area contributed by atoms with Crippen molar-refractivity contribution in [3.8, 4) is 5.75 Å². The predicted molar refractivity (Wildman–Crippen MR) is 106 cm³/mol. The van der Waals surface area contributed by atoms with Gasteiger partial charge in [-0.1, -0.05) is 0 Å². The lowest BCUT2D eigenvalue weighted by atomic mass is 10.0. The van der Waals surface area contributed by atoms with Gasteiger partial charge in [0.1, 0.15) is 29.6 Å². The quantitative estimate of drug-likeness (QED) is 0.773. The first-order valence-corrected chi connectivity index (χ1v) is 9.68. The molecule has 3 aliphatic rings. The molecule has 0 radical (unpaired) electrons. The lowest BCUT2D eigenvalue weighted by molar-refractivity contribution is 0.000933. The summed E-state index contributed by atoms with van der Waals surface area (Å²) in [6.45, 7) is 6.99. The number of fused-ring (bicyclic) bond motifs is 2. The summed E-state index contributed by atoms with van der Waals surface area (Å²) >= 11 is 0. The van der Waals surface area contributed by atoms with Crippen molar-refractivity contribution in [1.82, 2.24) is 20.1 Å². The largest absolute Gasteiger partial charge is 0.490 e. The smallest absolute Gasteiger partial charge is 0.410 e. The molecule has 9 nitrogen and oxygen atoms in total. The van der Waals surface area contributed by atoms with E-state index in [4.69, 9.17) is 9.47 Å². The van der Waals surface area contributed by atoms with Crippen molar-refractivity contribution in [2.75, 3.05) is 26.2 Å². The van der Waals surface area contributed by atoms with Crippen LogP contribution in [0.3, 0.4) is 0 Å². The summed E-state index contributed by atoms with van der Waals surface area (Å²) in [7, 11) is 0. The summed E-state index contributed by atoms with van der Waals surface area (Å²) in [4.78, 5) is 37.9. The lowest BCUT2D eigenvalue weighted by Gasteiger charge is -2.40. The first-order valence-electron chi connectivity index (χ1n) is 9.68. The van der Waals surface area contributed by atoms with Gasteiger partial charge in [-0.05, 0) is 26.8 Å². The maximum atomic E-state index is 13.4. The van der Waals surface area contributed by atoms with Crippen LogP contribution in [0.2, 0.25) is 0 Å². The van der Waals surface area contributed by atoms with Crippen LogP contribution in [0.4, 0.5) is 4.79 Å². The molecule has 4 heterocycles. The fraction of sp³-hybridized carbons (Fsp3) is 0.500. The van der Waals surface area contributed by atoms with Crippen molar-refractivity contribution in [3.05, 3.63) is 35.9 Å². The molecule has 0 spiro atoms. The van der Waals surface area contributed by atoms with Gasteiger partial charge < -0.3 is 24.6 Å². The van der Waals surface area contributed by atoms with E-state index in [0.717, 1.165) is 0 Å². The number of hydrogen-bond donors (Lipinski definition) is 1. The fourth-order valence-corrected chi connectivity index (χ4v) is 3.64. The number of ether oxygens (including phenoxy) is 2. The second-order valence-corrected chi connectivity index (χ2v) is 8.22. The molecule has 1 fully saturated rings. The molecule has 1 aromatic heterocycles. The van der Waals surface area contributed by atoms with Crippen molar-refractivity contribution in [2.24, 2.45) is 4.99 Å². The molecule has 0 aliphatic carbocycles. The lowest BCUT2D eigenvalue weighted by Crippen LogP contribution is -2.58. The molecular weight excluding hydrogens is 374 g/mol. The van der Waals surface area contributed by atoms with Crippen molar-refractivity contribution in [3.63, 3.8) is 0 Å². The highest BCUT2D eigenvalue weighted by molar-refractivity contribution is 5.99. The zero-order valence-electron chi connectivity index (χ0n) is 16.8. The number of rotatable bonds is 1. The number of nitrogens with zero attached hydrogens (tertiary/aromatic N) is 4. The molecule has 1 N–H and O–H groups in total. The summed E-state index contributed by atoms with van der Waals surface area (Å²) in [5.41, 5.74) is 0.458. The highest BCUT2D eigenvalue weighted by Crippen LogP contribution is 2.31. The van der Waals surface area contributed by atoms with E-state index < -0.39 is 5.60 Å². The fourth-order valence-electron chi connectivity index (χ4n) is 3.64. The van der Waals surface area contributed by atoms with E-state index >= 15 is 0 Å². The van der Waals surface area contributed by atoms with Crippen LogP contribution in [0, 0.1) is 0 Å².